The molecule has 0 aromatic heterocycles. The number of rotatable bonds is 3. The van der Waals surface area contributed by atoms with Gasteiger partial charge < -0.3 is 10.5 Å². The zero-order valence-electron chi connectivity index (χ0n) is 8.18. The Bertz CT molecular complexity index is 326. The van der Waals surface area contributed by atoms with E-state index in [0.717, 1.165) is 12.1 Å². The highest BCUT2D eigenvalue weighted by Gasteiger charge is 2.17. The molecule has 0 heterocycles. The van der Waals surface area contributed by atoms with Crippen molar-refractivity contribution < 1.29 is 13.5 Å². The highest BCUT2D eigenvalue weighted by Crippen LogP contribution is 2.20. The molecule has 2 nitrogen and oxygen atoms in total. The van der Waals surface area contributed by atoms with Crippen LogP contribution in [0.1, 0.15) is 13.8 Å². The van der Waals surface area contributed by atoms with E-state index in [2.05, 4.69) is 0 Å². The zero-order chi connectivity index (χ0) is 10.8. The van der Waals surface area contributed by atoms with Gasteiger partial charge in [0.2, 0.25) is 0 Å². The molecular weight excluding hydrogens is 188 g/mol. The molecule has 0 saturated carbocycles. The quantitative estimate of drug-likeness (QED) is 0.812. The molecular formula is C10H13F2NO. The second-order valence-electron chi connectivity index (χ2n) is 3.64. The van der Waals surface area contributed by atoms with Crippen molar-refractivity contribution in [2.75, 3.05) is 6.54 Å². The van der Waals surface area contributed by atoms with E-state index in [1.807, 2.05) is 0 Å². The van der Waals surface area contributed by atoms with Crippen LogP contribution in [0, 0.1) is 11.6 Å². The minimum Gasteiger partial charge on any atom is -0.486 e. The van der Waals surface area contributed by atoms with Crippen molar-refractivity contribution in [3.8, 4) is 5.75 Å². The number of halogens is 2. The van der Waals surface area contributed by atoms with Crippen LogP contribution in [0.4, 0.5) is 8.78 Å². The first-order valence-electron chi connectivity index (χ1n) is 4.29. The third-order valence-electron chi connectivity index (χ3n) is 1.78. The van der Waals surface area contributed by atoms with Crippen molar-refractivity contribution in [3.63, 3.8) is 0 Å². The highest BCUT2D eigenvalue weighted by atomic mass is 19.2. The van der Waals surface area contributed by atoms with Crippen molar-refractivity contribution in [2.45, 2.75) is 19.4 Å². The van der Waals surface area contributed by atoms with Crippen LogP contribution in [0.2, 0.25) is 0 Å². The standard InChI is InChI=1S/C10H13F2NO/c1-10(2,6-13)14-7-3-4-8(11)9(12)5-7/h3-5H,6,13H2,1-2H3. The Morgan fingerprint density at radius 1 is 1.29 bits per heavy atom. The van der Waals surface area contributed by atoms with E-state index in [9.17, 15) is 8.78 Å². The minimum absolute atomic E-state index is 0.277. The van der Waals surface area contributed by atoms with Crippen molar-refractivity contribution >= 4 is 0 Å². The SMILES string of the molecule is CC(C)(CN)Oc1ccc(F)c(F)c1. The summed E-state index contributed by atoms with van der Waals surface area (Å²) in [5.74, 6) is -1.53. The van der Waals surface area contributed by atoms with Crippen molar-refractivity contribution in [1.29, 1.82) is 0 Å². The fraction of sp³-hybridized carbons (Fsp3) is 0.400. The Kier molecular flexibility index (Phi) is 3.06. The number of nitrogens with two attached hydrogens (primary N) is 1. The molecule has 0 aliphatic carbocycles. The van der Waals surface area contributed by atoms with Crippen LogP contribution in [-0.4, -0.2) is 12.1 Å². The summed E-state index contributed by atoms with van der Waals surface area (Å²) in [5.41, 5.74) is 4.85. The first-order valence-corrected chi connectivity index (χ1v) is 4.29. The average Bonchev–Trinajstić information content (AvgIpc) is 2.11. The molecule has 0 saturated heterocycles. The molecule has 0 fully saturated rings. The molecule has 0 bridgehead atoms. The lowest BCUT2D eigenvalue weighted by Gasteiger charge is -2.24. The summed E-state index contributed by atoms with van der Waals surface area (Å²) in [6.45, 7) is 3.84. The molecule has 1 aromatic rings. The Morgan fingerprint density at radius 2 is 1.93 bits per heavy atom. The van der Waals surface area contributed by atoms with Crippen LogP contribution in [-0.2, 0) is 0 Å². The van der Waals surface area contributed by atoms with Gasteiger partial charge in [0.15, 0.2) is 11.6 Å². The fourth-order valence-electron chi connectivity index (χ4n) is 0.901. The summed E-state index contributed by atoms with van der Waals surface area (Å²) in [6, 6.07) is 3.40. The van der Waals surface area contributed by atoms with Gasteiger partial charge in [-0.15, -0.1) is 0 Å². The van der Waals surface area contributed by atoms with Gasteiger partial charge in [-0.3, -0.25) is 0 Å². The Balaban J connectivity index is 2.83. The van der Waals surface area contributed by atoms with E-state index < -0.39 is 17.2 Å². The van der Waals surface area contributed by atoms with Gasteiger partial charge in [-0.25, -0.2) is 8.78 Å². The maximum absolute atomic E-state index is 12.8. The fourth-order valence-corrected chi connectivity index (χ4v) is 0.901. The molecule has 1 rings (SSSR count). The summed E-state index contributed by atoms with van der Waals surface area (Å²) in [7, 11) is 0. The Hall–Kier alpha value is -1.16. The van der Waals surface area contributed by atoms with Crippen LogP contribution in [0.15, 0.2) is 18.2 Å². The van der Waals surface area contributed by atoms with Gasteiger partial charge in [0.05, 0.1) is 0 Å². The lowest BCUT2D eigenvalue weighted by molar-refractivity contribution is 0.118. The summed E-state index contributed by atoms with van der Waals surface area (Å²) in [5, 5.41) is 0. The third-order valence-corrected chi connectivity index (χ3v) is 1.78. The largest absolute Gasteiger partial charge is 0.486 e. The van der Waals surface area contributed by atoms with Gasteiger partial charge in [-0.05, 0) is 26.0 Å². The van der Waals surface area contributed by atoms with Crippen LogP contribution >= 0.6 is 0 Å². The second-order valence-corrected chi connectivity index (χ2v) is 3.64. The molecule has 0 unspecified atom stereocenters. The number of hydrogen-bond acceptors (Lipinski definition) is 2. The summed E-state index contributed by atoms with van der Waals surface area (Å²) in [6.07, 6.45) is 0. The predicted molar refractivity (Wildman–Crippen MR) is 50.1 cm³/mol. The van der Waals surface area contributed by atoms with Crippen LogP contribution in [0.3, 0.4) is 0 Å². The lowest BCUT2D eigenvalue weighted by atomic mass is 10.1. The molecule has 0 amide bonds. The van der Waals surface area contributed by atoms with Crippen molar-refractivity contribution in [3.05, 3.63) is 29.8 Å². The second kappa shape index (κ2) is 3.92. The van der Waals surface area contributed by atoms with E-state index >= 15 is 0 Å². The highest BCUT2D eigenvalue weighted by molar-refractivity contribution is 5.24. The smallest absolute Gasteiger partial charge is 0.162 e. The molecule has 1 aromatic carbocycles. The van der Waals surface area contributed by atoms with Gasteiger partial charge in [0, 0.05) is 12.6 Å². The maximum Gasteiger partial charge on any atom is 0.162 e. The minimum atomic E-state index is -0.921. The Morgan fingerprint density at radius 3 is 2.43 bits per heavy atom. The van der Waals surface area contributed by atoms with Crippen molar-refractivity contribution in [2.24, 2.45) is 5.73 Å². The third kappa shape index (κ3) is 2.67. The molecule has 0 radical (unpaired) electrons. The average molecular weight is 201 g/mol. The van der Waals surface area contributed by atoms with Crippen molar-refractivity contribution in [1.82, 2.24) is 0 Å². The first-order chi connectivity index (χ1) is 6.44. The summed E-state index contributed by atoms with van der Waals surface area (Å²) < 4.78 is 30.7. The van der Waals surface area contributed by atoms with Gasteiger partial charge in [-0.2, -0.15) is 0 Å². The molecule has 2 N–H and O–H groups in total. The molecule has 0 aliphatic rings. The van der Waals surface area contributed by atoms with E-state index in [0.29, 0.717) is 6.54 Å². The molecule has 78 valence electrons. The number of ether oxygens (including phenoxy) is 1. The number of hydrogen-bond donors (Lipinski definition) is 1. The van der Waals surface area contributed by atoms with Crippen LogP contribution < -0.4 is 10.5 Å². The van der Waals surface area contributed by atoms with E-state index in [1.54, 1.807) is 13.8 Å². The van der Waals surface area contributed by atoms with Gasteiger partial charge in [0.1, 0.15) is 11.4 Å². The lowest BCUT2D eigenvalue weighted by Crippen LogP contribution is -2.37. The van der Waals surface area contributed by atoms with Crippen LogP contribution in [0.5, 0.6) is 5.75 Å². The molecule has 14 heavy (non-hydrogen) atoms. The molecule has 0 spiro atoms. The van der Waals surface area contributed by atoms with Gasteiger partial charge in [0.25, 0.3) is 0 Å². The Labute approximate surface area is 81.7 Å². The van der Waals surface area contributed by atoms with Gasteiger partial charge in [-0.1, -0.05) is 0 Å². The normalized spacial score (nSPS) is 11.5. The molecule has 0 aliphatic heterocycles. The number of benzene rings is 1. The molecule has 4 heteroatoms. The predicted octanol–water partition coefficient (Wildman–Crippen LogP) is 2.08. The van der Waals surface area contributed by atoms with E-state index in [-0.39, 0.29) is 5.75 Å². The topological polar surface area (TPSA) is 35.2 Å². The zero-order valence-corrected chi connectivity index (χ0v) is 8.18. The maximum atomic E-state index is 12.8. The van der Waals surface area contributed by atoms with Gasteiger partial charge >= 0.3 is 0 Å². The van der Waals surface area contributed by atoms with E-state index in [4.69, 9.17) is 10.5 Å². The monoisotopic (exact) mass is 201 g/mol. The summed E-state index contributed by atoms with van der Waals surface area (Å²) >= 11 is 0. The molecule has 0 atom stereocenters. The van der Waals surface area contributed by atoms with E-state index in [1.165, 1.54) is 6.07 Å². The van der Waals surface area contributed by atoms with Crippen LogP contribution in [0.25, 0.3) is 0 Å². The first kappa shape index (κ1) is 10.9. The summed E-state index contributed by atoms with van der Waals surface area (Å²) in [4.78, 5) is 0.